The molecule has 0 aromatic carbocycles. The normalized spacial score (nSPS) is 11.3. The predicted molar refractivity (Wildman–Crippen MR) is 73.6 cm³/mol. The number of rotatable bonds is 5. The number of hydrogen-bond donors (Lipinski definition) is 1. The summed E-state index contributed by atoms with van der Waals surface area (Å²) >= 11 is 1.66. The van der Waals surface area contributed by atoms with E-state index >= 15 is 0 Å². The summed E-state index contributed by atoms with van der Waals surface area (Å²) < 4.78 is 0. The molecule has 0 aliphatic heterocycles. The molecule has 2 aromatic heterocycles. The van der Waals surface area contributed by atoms with Crippen LogP contribution in [-0.2, 0) is 6.54 Å². The van der Waals surface area contributed by atoms with Crippen LogP contribution in [0.3, 0.4) is 0 Å². The lowest BCUT2D eigenvalue weighted by molar-refractivity contribution is 0.289. The molecule has 0 bridgehead atoms. The minimum Gasteiger partial charge on any atom is -0.372 e. The average molecular weight is 250 g/mol. The SMILES string of the molecule is CCN(CC)Cc1nc(NC)c2ccsc2n1. The molecule has 0 aliphatic rings. The lowest BCUT2D eigenvalue weighted by Crippen LogP contribution is -2.23. The number of fused-ring (bicyclic) bond motifs is 1. The molecule has 0 aliphatic carbocycles. The van der Waals surface area contributed by atoms with Gasteiger partial charge in [-0.25, -0.2) is 9.97 Å². The Morgan fingerprint density at radius 3 is 2.71 bits per heavy atom. The third-order valence-electron chi connectivity index (χ3n) is 2.87. The molecule has 0 spiro atoms. The van der Waals surface area contributed by atoms with Crippen molar-refractivity contribution in [2.45, 2.75) is 20.4 Å². The standard InChI is InChI=1S/C12H18N4S/c1-4-16(5-2)8-10-14-11(13-3)9-6-7-17-12(9)15-10/h6-7H,4-5,8H2,1-3H3,(H,13,14,15). The average Bonchev–Trinajstić information content (AvgIpc) is 2.82. The van der Waals surface area contributed by atoms with Gasteiger partial charge in [-0.2, -0.15) is 0 Å². The van der Waals surface area contributed by atoms with Crippen molar-refractivity contribution in [1.82, 2.24) is 14.9 Å². The first kappa shape index (κ1) is 12.3. The second-order valence-electron chi connectivity index (χ2n) is 3.84. The zero-order valence-corrected chi connectivity index (χ0v) is 11.3. The lowest BCUT2D eigenvalue weighted by atomic mass is 10.3. The van der Waals surface area contributed by atoms with Crippen molar-refractivity contribution < 1.29 is 0 Å². The van der Waals surface area contributed by atoms with Crippen LogP contribution in [0.1, 0.15) is 19.7 Å². The molecule has 2 heterocycles. The van der Waals surface area contributed by atoms with Gasteiger partial charge < -0.3 is 5.32 Å². The topological polar surface area (TPSA) is 41.1 Å². The van der Waals surface area contributed by atoms with E-state index in [1.807, 2.05) is 7.05 Å². The van der Waals surface area contributed by atoms with E-state index in [-0.39, 0.29) is 0 Å². The van der Waals surface area contributed by atoms with E-state index in [0.717, 1.165) is 41.5 Å². The molecule has 0 radical (unpaired) electrons. The predicted octanol–water partition coefficient (Wildman–Crippen LogP) is 2.57. The maximum absolute atomic E-state index is 4.61. The Balaban J connectivity index is 2.34. The van der Waals surface area contributed by atoms with Crippen LogP contribution in [0.4, 0.5) is 5.82 Å². The number of hydrogen-bond acceptors (Lipinski definition) is 5. The van der Waals surface area contributed by atoms with Crippen molar-refractivity contribution in [2.75, 3.05) is 25.5 Å². The van der Waals surface area contributed by atoms with Gasteiger partial charge in [-0.3, -0.25) is 4.90 Å². The van der Waals surface area contributed by atoms with Gasteiger partial charge in [0.15, 0.2) is 0 Å². The van der Waals surface area contributed by atoms with Gasteiger partial charge in [-0.15, -0.1) is 11.3 Å². The third kappa shape index (κ3) is 2.56. The van der Waals surface area contributed by atoms with Crippen LogP contribution in [0.15, 0.2) is 11.4 Å². The van der Waals surface area contributed by atoms with Crippen molar-refractivity contribution in [3.05, 3.63) is 17.3 Å². The second kappa shape index (κ2) is 5.42. The van der Waals surface area contributed by atoms with Crippen LogP contribution in [0.5, 0.6) is 0 Å². The summed E-state index contributed by atoms with van der Waals surface area (Å²) in [5.74, 6) is 1.83. The summed E-state index contributed by atoms with van der Waals surface area (Å²) in [6, 6.07) is 2.06. The number of anilines is 1. The maximum atomic E-state index is 4.61. The fourth-order valence-electron chi connectivity index (χ4n) is 1.81. The molecule has 92 valence electrons. The van der Waals surface area contributed by atoms with E-state index in [9.17, 15) is 0 Å². The molecule has 2 aromatic rings. The molecule has 1 N–H and O–H groups in total. The quantitative estimate of drug-likeness (QED) is 0.885. The van der Waals surface area contributed by atoms with E-state index in [1.165, 1.54) is 0 Å². The molecule has 17 heavy (non-hydrogen) atoms. The van der Waals surface area contributed by atoms with Gasteiger partial charge in [0.05, 0.1) is 11.9 Å². The molecular weight excluding hydrogens is 232 g/mol. The van der Waals surface area contributed by atoms with Gasteiger partial charge in [0.25, 0.3) is 0 Å². The highest BCUT2D eigenvalue weighted by Crippen LogP contribution is 2.24. The van der Waals surface area contributed by atoms with Crippen LogP contribution >= 0.6 is 11.3 Å². The Hall–Kier alpha value is -1.20. The molecule has 0 saturated heterocycles. The molecule has 0 atom stereocenters. The Bertz CT molecular complexity index is 490. The largest absolute Gasteiger partial charge is 0.372 e. The minimum absolute atomic E-state index is 0.815. The first-order valence-corrected chi connectivity index (χ1v) is 6.80. The molecule has 0 fully saturated rings. The van der Waals surface area contributed by atoms with Crippen LogP contribution in [0, 0.1) is 0 Å². The molecule has 0 unspecified atom stereocenters. The van der Waals surface area contributed by atoms with Crippen molar-refractivity contribution in [2.24, 2.45) is 0 Å². The van der Waals surface area contributed by atoms with Crippen LogP contribution in [0.25, 0.3) is 10.2 Å². The van der Waals surface area contributed by atoms with Crippen molar-refractivity contribution in [3.63, 3.8) is 0 Å². The second-order valence-corrected chi connectivity index (χ2v) is 4.73. The van der Waals surface area contributed by atoms with Gasteiger partial charge >= 0.3 is 0 Å². The van der Waals surface area contributed by atoms with Gasteiger partial charge in [0.2, 0.25) is 0 Å². The van der Waals surface area contributed by atoms with Gasteiger partial charge in [0, 0.05) is 7.05 Å². The number of nitrogens with one attached hydrogen (secondary N) is 1. The van der Waals surface area contributed by atoms with E-state index in [2.05, 4.69) is 45.5 Å². The van der Waals surface area contributed by atoms with Crippen molar-refractivity contribution in [3.8, 4) is 0 Å². The summed E-state index contributed by atoms with van der Waals surface area (Å²) in [7, 11) is 1.90. The molecule has 4 nitrogen and oxygen atoms in total. The third-order valence-corrected chi connectivity index (χ3v) is 3.67. The van der Waals surface area contributed by atoms with E-state index in [1.54, 1.807) is 11.3 Å². The maximum Gasteiger partial charge on any atom is 0.146 e. The fraction of sp³-hybridized carbons (Fsp3) is 0.500. The van der Waals surface area contributed by atoms with E-state index < -0.39 is 0 Å². The first-order chi connectivity index (χ1) is 8.28. The van der Waals surface area contributed by atoms with E-state index in [0.29, 0.717) is 0 Å². The summed E-state index contributed by atoms with van der Waals surface area (Å²) in [5.41, 5.74) is 0. The zero-order chi connectivity index (χ0) is 12.3. The van der Waals surface area contributed by atoms with Crippen molar-refractivity contribution in [1.29, 1.82) is 0 Å². The molecule has 0 amide bonds. The Kier molecular flexibility index (Phi) is 3.91. The highest BCUT2D eigenvalue weighted by Gasteiger charge is 2.09. The van der Waals surface area contributed by atoms with Gasteiger partial charge in [-0.1, -0.05) is 13.8 Å². The number of aromatic nitrogens is 2. The van der Waals surface area contributed by atoms with Crippen molar-refractivity contribution >= 4 is 27.4 Å². The zero-order valence-electron chi connectivity index (χ0n) is 10.5. The molecular formula is C12H18N4S. The Labute approximate surface area is 106 Å². The highest BCUT2D eigenvalue weighted by atomic mass is 32.1. The highest BCUT2D eigenvalue weighted by molar-refractivity contribution is 7.16. The fourth-order valence-corrected chi connectivity index (χ4v) is 2.59. The van der Waals surface area contributed by atoms with Crippen LogP contribution in [-0.4, -0.2) is 35.0 Å². The molecule has 5 heteroatoms. The summed E-state index contributed by atoms with van der Waals surface area (Å²) in [5, 5.41) is 6.31. The minimum atomic E-state index is 0.815. The molecule has 2 rings (SSSR count). The van der Waals surface area contributed by atoms with Crippen LogP contribution < -0.4 is 5.32 Å². The number of thiophene rings is 1. The first-order valence-electron chi connectivity index (χ1n) is 5.92. The van der Waals surface area contributed by atoms with Gasteiger partial charge in [-0.05, 0) is 24.5 Å². The van der Waals surface area contributed by atoms with E-state index in [4.69, 9.17) is 0 Å². The summed E-state index contributed by atoms with van der Waals surface area (Å²) in [4.78, 5) is 12.6. The monoisotopic (exact) mass is 250 g/mol. The summed E-state index contributed by atoms with van der Waals surface area (Å²) in [6.07, 6.45) is 0. The van der Waals surface area contributed by atoms with Crippen LogP contribution in [0.2, 0.25) is 0 Å². The summed E-state index contributed by atoms with van der Waals surface area (Å²) in [6.45, 7) is 7.18. The molecule has 0 saturated carbocycles. The lowest BCUT2D eigenvalue weighted by Gasteiger charge is -2.17. The Morgan fingerprint density at radius 1 is 1.29 bits per heavy atom. The Morgan fingerprint density at radius 2 is 2.06 bits per heavy atom. The van der Waals surface area contributed by atoms with Gasteiger partial charge in [0.1, 0.15) is 16.5 Å². The number of nitrogens with zero attached hydrogens (tertiary/aromatic N) is 3. The smallest absolute Gasteiger partial charge is 0.146 e.